The predicted octanol–water partition coefficient (Wildman–Crippen LogP) is 8.47. The Bertz CT molecular complexity index is 1210. The number of hydrogen-bond donors (Lipinski definition) is 4. The van der Waals surface area contributed by atoms with Gasteiger partial charge in [0.05, 0.1) is 31.5 Å². The zero-order valence-corrected chi connectivity index (χ0v) is 32.7. The topological polar surface area (TPSA) is 66.0 Å². The van der Waals surface area contributed by atoms with Crippen LogP contribution in [0.1, 0.15) is 71.6 Å². The maximum absolute atomic E-state index is 8.73. The summed E-state index contributed by atoms with van der Waals surface area (Å²) in [7, 11) is 4.13. The largest absolute Gasteiger partial charge is 0.396 e. The van der Waals surface area contributed by atoms with E-state index in [1.54, 1.807) is 0 Å². The van der Waals surface area contributed by atoms with E-state index in [4.69, 9.17) is 51.5 Å². The van der Waals surface area contributed by atoms with Crippen molar-refractivity contribution in [3.63, 3.8) is 0 Å². The van der Waals surface area contributed by atoms with Gasteiger partial charge >= 0.3 is 0 Å². The number of anilines is 2. The Morgan fingerprint density at radius 3 is 1.52 bits per heavy atom. The van der Waals surface area contributed by atoms with E-state index in [-0.39, 0.29) is 7.43 Å². The molecular weight excluding hydrogens is 710 g/mol. The van der Waals surface area contributed by atoms with Gasteiger partial charge in [-0.15, -0.1) is 0 Å². The monoisotopic (exact) mass is 772 g/mol. The molecule has 2 aliphatic heterocycles. The van der Waals surface area contributed by atoms with E-state index >= 15 is 0 Å². The molecule has 4 aliphatic rings. The summed E-state index contributed by atoms with van der Waals surface area (Å²) >= 11 is 24.6. The SMILES string of the molecule is C.CNC1CCC(CCN2CCN(c3cccc(Cl)c3Cl)CC2)CC1.CNC1CCC(CCO)CC1.Clc1cccc(N2CCNCC2)c1Cl. The number of benzene rings is 2. The fraction of sp³-hybridized carbons (Fsp3) is 0.692. The summed E-state index contributed by atoms with van der Waals surface area (Å²) in [6, 6.07) is 13.2. The third kappa shape index (κ3) is 13.8. The molecule has 2 heterocycles. The molecule has 284 valence electrons. The van der Waals surface area contributed by atoms with Gasteiger partial charge in [0.2, 0.25) is 0 Å². The summed E-state index contributed by atoms with van der Waals surface area (Å²) in [6.45, 7) is 9.90. The second-order valence-corrected chi connectivity index (χ2v) is 15.6. The minimum absolute atomic E-state index is 0. The first kappa shape index (κ1) is 43.4. The van der Waals surface area contributed by atoms with Gasteiger partial charge in [-0.25, -0.2) is 0 Å². The lowest BCUT2D eigenvalue weighted by molar-refractivity contribution is 0.212. The molecule has 0 aromatic heterocycles. The lowest BCUT2D eigenvalue weighted by atomic mass is 9.84. The van der Waals surface area contributed by atoms with Crippen molar-refractivity contribution in [1.29, 1.82) is 0 Å². The van der Waals surface area contributed by atoms with E-state index < -0.39 is 0 Å². The maximum atomic E-state index is 8.73. The third-order valence-corrected chi connectivity index (χ3v) is 12.6. The van der Waals surface area contributed by atoms with E-state index in [1.165, 1.54) is 64.3 Å². The van der Waals surface area contributed by atoms with Gasteiger partial charge in [0.25, 0.3) is 0 Å². The molecule has 2 aromatic carbocycles. The molecule has 11 heteroatoms. The highest BCUT2D eigenvalue weighted by Crippen LogP contribution is 2.34. The average Bonchev–Trinajstić information content (AvgIpc) is 3.15. The molecule has 2 aliphatic carbocycles. The molecule has 4 fully saturated rings. The zero-order valence-electron chi connectivity index (χ0n) is 29.7. The molecule has 0 radical (unpaired) electrons. The molecule has 4 N–H and O–H groups in total. The Morgan fingerprint density at radius 1 is 0.640 bits per heavy atom. The number of rotatable bonds is 9. The molecular formula is C39H64Cl4N6O. The zero-order chi connectivity index (χ0) is 35.0. The molecule has 0 amide bonds. The van der Waals surface area contributed by atoms with Gasteiger partial charge < -0.3 is 30.9 Å². The van der Waals surface area contributed by atoms with Gasteiger partial charge in [-0.05, 0) is 121 Å². The molecule has 2 aromatic rings. The smallest absolute Gasteiger partial charge is 0.0825 e. The van der Waals surface area contributed by atoms with Crippen molar-refractivity contribution in [1.82, 2.24) is 20.9 Å². The lowest BCUT2D eigenvalue weighted by Gasteiger charge is -2.37. The predicted molar refractivity (Wildman–Crippen MR) is 219 cm³/mol. The van der Waals surface area contributed by atoms with E-state index in [0.717, 1.165) is 94.1 Å². The number of piperazine rings is 2. The van der Waals surface area contributed by atoms with Gasteiger partial charge in [0.15, 0.2) is 0 Å². The van der Waals surface area contributed by atoms with Crippen LogP contribution < -0.4 is 25.8 Å². The molecule has 0 unspecified atom stereocenters. The van der Waals surface area contributed by atoms with Crippen molar-refractivity contribution >= 4 is 57.8 Å². The Kier molecular flexibility index (Phi) is 20.5. The molecule has 50 heavy (non-hydrogen) atoms. The Labute approximate surface area is 323 Å². The lowest BCUT2D eigenvalue weighted by Crippen LogP contribution is -2.47. The first-order chi connectivity index (χ1) is 23.8. The molecule has 0 atom stereocenters. The van der Waals surface area contributed by atoms with Crippen molar-refractivity contribution in [3.05, 3.63) is 56.5 Å². The quantitative estimate of drug-likeness (QED) is 0.204. The minimum atomic E-state index is 0. The van der Waals surface area contributed by atoms with Gasteiger partial charge in [-0.1, -0.05) is 66.0 Å². The van der Waals surface area contributed by atoms with Gasteiger partial charge in [0, 0.05) is 71.0 Å². The van der Waals surface area contributed by atoms with Crippen molar-refractivity contribution in [3.8, 4) is 0 Å². The van der Waals surface area contributed by atoms with E-state index in [0.29, 0.717) is 26.7 Å². The van der Waals surface area contributed by atoms with Crippen LogP contribution >= 0.6 is 46.4 Å². The van der Waals surface area contributed by atoms with Gasteiger partial charge in [0.1, 0.15) is 0 Å². The van der Waals surface area contributed by atoms with E-state index in [1.807, 2.05) is 37.4 Å². The summed E-state index contributed by atoms with van der Waals surface area (Å²) in [5.41, 5.74) is 2.12. The van der Waals surface area contributed by atoms with Crippen LogP contribution in [0.5, 0.6) is 0 Å². The van der Waals surface area contributed by atoms with Crippen molar-refractivity contribution < 1.29 is 5.11 Å². The number of halogens is 4. The second kappa shape index (κ2) is 23.6. The summed E-state index contributed by atoms with van der Waals surface area (Å²) < 4.78 is 0. The highest BCUT2D eigenvalue weighted by molar-refractivity contribution is 6.44. The van der Waals surface area contributed by atoms with Crippen LogP contribution in [0.4, 0.5) is 11.4 Å². The number of nitrogens with one attached hydrogen (secondary N) is 3. The number of hydrogen-bond acceptors (Lipinski definition) is 7. The molecule has 2 saturated heterocycles. The van der Waals surface area contributed by atoms with Crippen LogP contribution in [0.15, 0.2) is 36.4 Å². The minimum Gasteiger partial charge on any atom is -0.396 e. The Morgan fingerprint density at radius 2 is 1.08 bits per heavy atom. The van der Waals surface area contributed by atoms with Gasteiger partial charge in [-0.2, -0.15) is 0 Å². The number of aliphatic hydroxyl groups is 1. The molecule has 0 bridgehead atoms. The fourth-order valence-electron chi connectivity index (χ4n) is 7.62. The summed E-state index contributed by atoms with van der Waals surface area (Å²) in [5.74, 6) is 1.72. The third-order valence-electron chi connectivity index (χ3n) is 10.9. The van der Waals surface area contributed by atoms with Crippen molar-refractivity contribution in [2.24, 2.45) is 11.8 Å². The second-order valence-electron chi connectivity index (χ2n) is 14.0. The highest BCUT2D eigenvalue weighted by Gasteiger charge is 2.23. The van der Waals surface area contributed by atoms with Crippen molar-refractivity contribution in [2.75, 3.05) is 89.4 Å². The number of aliphatic hydroxyl groups excluding tert-OH is 1. The van der Waals surface area contributed by atoms with E-state index in [9.17, 15) is 0 Å². The first-order valence-electron chi connectivity index (χ1n) is 18.6. The fourth-order valence-corrected chi connectivity index (χ4v) is 8.45. The Balaban J connectivity index is 0.000000221. The van der Waals surface area contributed by atoms with E-state index in [2.05, 4.69) is 43.8 Å². The molecule has 2 saturated carbocycles. The maximum Gasteiger partial charge on any atom is 0.0825 e. The normalized spacial score (nSPS) is 24.3. The summed E-state index contributed by atoms with van der Waals surface area (Å²) in [4.78, 5) is 7.23. The highest BCUT2D eigenvalue weighted by atomic mass is 35.5. The van der Waals surface area contributed by atoms with Crippen LogP contribution in [-0.2, 0) is 0 Å². The first-order valence-corrected chi connectivity index (χ1v) is 20.1. The Hall–Kier alpha value is -1.00. The molecule has 6 rings (SSSR count). The van der Waals surface area contributed by atoms with Gasteiger partial charge in [-0.3, -0.25) is 4.90 Å². The summed E-state index contributed by atoms with van der Waals surface area (Å²) in [6.07, 6.45) is 13.0. The molecule has 7 nitrogen and oxygen atoms in total. The van der Waals surface area contributed by atoms with Crippen LogP contribution in [-0.4, -0.2) is 102 Å². The van der Waals surface area contributed by atoms with Crippen molar-refractivity contribution in [2.45, 2.75) is 83.7 Å². The van der Waals surface area contributed by atoms with Crippen LogP contribution in [0.3, 0.4) is 0 Å². The van der Waals surface area contributed by atoms with Crippen LogP contribution in [0.2, 0.25) is 20.1 Å². The standard InChI is InChI=1S/C19H29Cl2N3.C10H12Cl2N2.C9H19NO.CH4/c1-22-16-7-5-15(6-8-16)9-10-23-11-13-24(14-12-23)18-4-2-3-17(20)19(18)21;11-8-2-1-3-9(10(8)12)14-6-4-13-5-7-14;1-10-9-4-2-8(3-5-9)6-7-11;/h2-4,15-16,22H,5-14H2,1H3;1-3,13H,4-7H2;8-11H,2-7H2,1H3;1H4. The van der Waals surface area contributed by atoms with Crippen LogP contribution in [0, 0.1) is 11.8 Å². The summed E-state index contributed by atoms with van der Waals surface area (Å²) in [5, 5.41) is 21.4. The van der Waals surface area contributed by atoms with Crippen LogP contribution in [0.25, 0.3) is 0 Å². The number of nitrogens with zero attached hydrogens (tertiary/aromatic N) is 3. The average molecular weight is 775 g/mol. The molecule has 0 spiro atoms.